The first-order chi connectivity index (χ1) is 13.9. The summed E-state index contributed by atoms with van der Waals surface area (Å²) in [5.74, 6) is -1.49. The number of nitrogens with one attached hydrogen (secondary N) is 1. The van der Waals surface area contributed by atoms with Crippen molar-refractivity contribution in [2.24, 2.45) is 0 Å². The largest absolute Gasteiger partial charge is 0.478 e. The lowest BCUT2D eigenvalue weighted by atomic mass is 9.94. The quantitative estimate of drug-likeness (QED) is 0.760. The van der Waals surface area contributed by atoms with Gasteiger partial charge >= 0.3 is 5.97 Å². The maximum absolute atomic E-state index is 12.7. The average Bonchev–Trinajstić information content (AvgIpc) is 3.19. The SMILES string of the molecule is CCc1oc(C(=O)Nc2ccc(C(=O)N(C)C3CCCCC3)cc2)cc1C(=O)O. The van der Waals surface area contributed by atoms with E-state index in [0.717, 1.165) is 25.7 Å². The van der Waals surface area contributed by atoms with Gasteiger partial charge in [-0.3, -0.25) is 9.59 Å². The van der Waals surface area contributed by atoms with Crippen LogP contribution >= 0.6 is 0 Å². The highest BCUT2D eigenvalue weighted by molar-refractivity contribution is 6.04. The van der Waals surface area contributed by atoms with E-state index in [1.165, 1.54) is 12.5 Å². The fraction of sp³-hybridized carbons (Fsp3) is 0.409. The highest BCUT2D eigenvalue weighted by Crippen LogP contribution is 2.23. The summed E-state index contributed by atoms with van der Waals surface area (Å²) < 4.78 is 5.37. The predicted octanol–water partition coefficient (Wildman–Crippen LogP) is 4.20. The number of furan rings is 1. The molecule has 1 heterocycles. The van der Waals surface area contributed by atoms with Gasteiger partial charge in [0.15, 0.2) is 5.76 Å². The minimum Gasteiger partial charge on any atom is -0.478 e. The number of carboxylic acids is 1. The van der Waals surface area contributed by atoms with Crippen molar-refractivity contribution in [2.75, 3.05) is 12.4 Å². The molecule has 3 rings (SSSR count). The second-order valence-electron chi connectivity index (χ2n) is 7.35. The Bertz CT molecular complexity index is 894. The standard InChI is InChI=1S/C22H26N2O5/c1-3-18-17(22(27)28)13-19(29-18)20(25)23-15-11-9-14(10-12-15)21(26)24(2)16-7-5-4-6-8-16/h9-13,16H,3-8H2,1-2H3,(H,23,25)(H,27,28). The van der Waals surface area contributed by atoms with E-state index >= 15 is 0 Å². The Kier molecular flexibility index (Phi) is 6.36. The molecule has 0 radical (unpaired) electrons. The van der Waals surface area contributed by atoms with E-state index in [2.05, 4.69) is 5.32 Å². The Balaban J connectivity index is 1.66. The molecular weight excluding hydrogens is 372 g/mol. The van der Waals surface area contributed by atoms with Crippen molar-refractivity contribution in [3.05, 3.63) is 53.0 Å². The summed E-state index contributed by atoms with van der Waals surface area (Å²) in [6.45, 7) is 1.76. The van der Waals surface area contributed by atoms with Gasteiger partial charge < -0.3 is 19.7 Å². The van der Waals surface area contributed by atoms with Crippen LogP contribution in [-0.2, 0) is 6.42 Å². The van der Waals surface area contributed by atoms with Gasteiger partial charge in [-0.1, -0.05) is 26.2 Å². The Labute approximate surface area is 169 Å². The fourth-order valence-corrected chi connectivity index (χ4v) is 3.71. The monoisotopic (exact) mass is 398 g/mol. The van der Waals surface area contributed by atoms with Crippen LogP contribution in [0.3, 0.4) is 0 Å². The number of carbonyl (C=O) groups excluding carboxylic acids is 2. The fourth-order valence-electron chi connectivity index (χ4n) is 3.71. The zero-order valence-electron chi connectivity index (χ0n) is 16.7. The molecule has 29 heavy (non-hydrogen) atoms. The zero-order chi connectivity index (χ0) is 21.0. The molecule has 2 aromatic rings. The molecule has 0 atom stereocenters. The van der Waals surface area contributed by atoms with Gasteiger partial charge in [-0.2, -0.15) is 0 Å². The van der Waals surface area contributed by atoms with Crippen molar-refractivity contribution in [3.63, 3.8) is 0 Å². The van der Waals surface area contributed by atoms with E-state index in [1.54, 1.807) is 31.2 Å². The normalized spacial score (nSPS) is 14.4. The van der Waals surface area contributed by atoms with E-state index in [4.69, 9.17) is 4.42 Å². The van der Waals surface area contributed by atoms with Crippen molar-refractivity contribution in [2.45, 2.75) is 51.5 Å². The van der Waals surface area contributed by atoms with Crippen LogP contribution in [0.25, 0.3) is 0 Å². The molecule has 0 unspecified atom stereocenters. The van der Waals surface area contributed by atoms with E-state index in [-0.39, 0.29) is 29.0 Å². The average molecular weight is 398 g/mol. The van der Waals surface area contributed by atoms with Crippen molar-refractivity contribution < 1.29 is 23.9 Å². The summed E-state index contributed by atoms with van der Waals surface area (Å²) in [5, 5.41) is 11.8. The number of carbonyl (C=O) groups is 3. The van der Waals surface area contributed by atoms with E-state index in [1.807, 2.05) is 11.9 Å². The third kappa shape index (κ3) is 4.67. The molecule has 1 aromatic heterocycles. The number of aryl methyl sites for hydroxylation is 1. The number of nitrogens with zero attached hydrogens (tertiary/aromatic N) is 1. The number of rotatable bonds is 6. The van der Waals surface area contributed by atoms with Gasteiger partial charge in [-0.25, -0.2) is 4.79 Å². The Morgan fingerprint density at radius 2 is 1.79 bits per heavy atom. The maximum Gasteiger partial charge on any atom is 0.339 e. The molecule has 1 aliphatic rings. The van der Waals surface area contributed by atoms with E-state index < -0.39 is 11.9 Å². The Morgan fingerprint density at radius 1 is 1.14 bits per heavy atom. The number of benzene rings is 1. The second-order valence-corrected chi connectivity index (χ2v) is 7.35. The third-order valence-electron chi connectivity index (χ3n) is 5.42. The van der Waals surface area contributed by atoms with Crippen molar-refractivity contribution in [3.8, 4) is 0 Å². The highest BCUT2D eigenvalue weighted by Gasteiger charge is 2.23. The molecule has 1 aromatic carbocycles. The molecule has 7 nitrogen and oxygen atoms in total. The molecule has 7 heteroatoms. The summed E-state index contributed by atoms with van der Waals surface area (Å²) in [6.07, 6.45) is 6.00. The van der Waals surface area contributed by atoms with Gasteiger partial charge in [-0.05, 0) is 37.1 Å². The van der Waals surface area contributed by atoms with Crippen molar-refractivity contribution in [1.82, 2.24) is 4.90 Å². The van der Waals surface area contributed by atoms with Crippen molar-refractivity contribution >= 4 is 23.5 Å². The van der Waals surface area contributed by atoms with Crippen LogP contribution in [0.15, 0.2) is 34.7 Å². The molecule has 2 N–H and O–H groups in total. The van der Waals surface area contributed by atoms with Crippen LogP contribution in [0.1, 0.15) is 76.1 Å². The van der Waals surface area contributed by atoms with Crippen LogP contribution in [0.5, 0.6) is 0 Å². The first-order valence-corrected chi connectivity index (χ1v) is 9.95. The molecule has 154 valence electrons. The summed E-state index contributed by atoms with van der Waals surface area (Å²) in [5.41, 5.74) is 1.05. The molecule has 0 bridgehead atoms. The second kappa shape index (κ2) is 8.94. The first-order valence-electron chi connectivity index (χ1n) is 9.95. The number of amides is 2. The topological polar surface area (TPSA) is 99.9 Å². The van der Waals surface area contributed by atoms with Crippen LogP contribution < -0.4 is 5.32 Å². The maximum atomic E-state index is 12.7. The lowest BCUT2D eigenvalue weighted by Gasteiger charge is -2.31. The van der Waals surface area contributed by atoms with Gasteiger partial charge in [-0.15, -0.1) is 0 Å². The molecule has 1 aliphatic carbocycles. The van der Waals surface area contributed by atoms with Gasteiger partial charge in [0.2, 0.25) is 0 Å². The Hall–Kier alpha value is -3.09. The van der Waals surface area contributed by atoms with Crippen LogP contribution in [0, 0.1) is 0 Å². The molecule has 0 spiro atoms. The van der Waals surface area contributed by atoms with Crippen LogP contribution in [0.4, 0.5) is 5.69 Å². The summed E-state index contributed by atoms with van der Waals surface area (Å²) in [4.78, 5) is 38.1. The third-order valence-corrected chi connectivity index (χ3v) is 5.42. The molecule has 2 amide bonds. The molecule has 1 saturated carbocycles. The molecular formula is C22H26N2O5. The molecule has 1 fully saturated rings. The van der Waals surface area contributed by atoms with Gasteiger partial charge in [0.1, 0.15) is 11.3 Å². The van der Waals surface area contributed by atoms with Gasteiger partial charge in [0.05, 0.1) is 0 Å². The van der Waals surface area contributed by atoms with E-state index in [9.17, 15) is 19.5 Å². The predicted molar refractivity (Wildman–Crippen MR) is 108 cm³/mol. The van der Waals surface area contributed by atoms with Crippen LogP contribution in [-0.4, -0.2) is 40.9 Å². The lowest BCUT2D eigenvalue weighted by molar-refractivity contribution is 0.0686. The summed E-state index contributed by atoms with van der Waals surface area (Å²) >= 11 is 0. The number of hydrogen-bond acceptors (Lipinski definition) is 4. The first kappa shape index (κ1) is 20.6. The smallest absolute Gasteiger partial charge is 0.339 e. The minimum atomic E-state index is -1.13. The highest BCUT2D eigenvalue weighted by atomic mass is 16.4. The number of hydrogen-bond donors (Lipinski definition) is 2. The zero-order valence-corrected chi connectivity index (χ0v) is 16.7. The van der Waals surface area contributed by atoms with Gasteiger partial charge in [0, 0.05) is 36.8 Å². The number of aromatic carboxylic acids is 1. The summed E-state index contributed by atoms with van der Waals surface area (Å²) in [6, 6.07) is 8.18. The van der Waals surface area contributed by atoms with E-state index in [0.29, 0.717) is 17.7 Å². The van der Waals surface area contributed by atoms with Gasteiger partial charge in [0.25, 0.3) is 11.8 Å². The van der Waals surface area contributed by atoms with Crippen LogP contribution in [0.2, 0.25) is 0 Å². The minimum absolute atomic E-state index is 0.00987. The molecule has 0 aliphatic heterocycles. The lowest BCUT2D eigenvalue weighted by Crippen LogP contribution is -2.38. The summed E-state index contributed by atoms with van der Waals surface area (Å²) in [7, 11) is 1.84. The number of anilines is 1. The molecule has 0 saturated heterocycles. The number of carboxylic acid groups (broad SMARTS) is 1. The van der Waals surface area contributed by atoms with Crippen molar-refractivity contribution in [1.29, 1.82) is 0 Å². The Morgan fingerprint density at radius 3 is 2.34 bits per heavy atom.